The predicted molar refractivity (Wildman–Crippen MR) is 149 cm³/mol. The molecular formula is C31H42O15. The van der Waals surface area contributed by atoms with Gasteiger partial charge in [-0.1, -0.05) is 20.8 Å². The SMILES string of the molecule is CC(=O)OC[C@H]1O[C@@H](O[C@]23C[C@]45CC(=O)O[C@]4(C[C@@H](OC(C)=O)[C@H]5C)[C@](C)(CO2)C3C)[C@H](OC(C)=O)[C@@H](OC(C)=O)[C@@H]1OC(C)=O. The van der Waals surface area contributed by atoms with Gasteiger partial charge in [0.2, 0.25) is 6.29 Å². The summed E-state index contributed by atoms with van der Waals surface area (Å²) in [6.07, 6.45) is -7.05. The molecule has 0 aromatic rings. The van der Waals surface area contributed by atoms with Crippen molar-refractivity contribution < 1.29 is 71.4 Å². The van der Waals surface area contributed by atoms with E-state index in [1.807, 2.05) is 20.8 Å². The lowest BCUT2D eigenvalue weighted by atomic mass is 9.48. The van der Waals surface area contributed by atoms with Crippen LogP contribution in [-0.2, 0) is 71.4 Å². The van der Waals surface area contributed by atoms with Crippen LogP contribution >= 0.6 is 0 Å². The molecular weight excluding hydrogens is 612 g/mol. The zero-order valence-corrected chi connectivity index (χ0v) is 27.3. The Balaban J connectivity index is 1.57. The van der Waals surface area contributed by atoms with Gasteiger partial charge in [0.1, 0.15) is 24.4 Å². The van der Waals surface area contributed by atoms with E-state index in [0.717, 1.165) is 20.8 Å². The Morgan fingerprint density at radius 1 is 0.826 bits per heavy atom. The van der Waals surface area contributed by atoms with Gasteiger partial charge in [-0.05, 0) is 0 Å². The summed E-state index contributed by atoms with van der Waals surface area (Å²) in [6, 6.07) is 0. The van der Waals surface area contributed by atoms with Crippen molar-refractivity contribution in [2.75, 3.05) is 13.2 Å². The van der Waals surface area contributed by atoms with Crippen LogP contribution in [0.3, 0.4) is 0 Å². The van der Waals surface area contributed by atoms with Crippen LogP contribution in [0.25, 0.3) is 0 Å². The largest absolute Gasteiger partial charge is 0.463 e. The first kappa shape index (κ1) is 34.0. The number of carbonyl (C=O) groups excluding carboxylic acids is 6. The molecule has 3 heterocycles. The monoisotopic (exact) mass is 654 g/mol. The summed E-state index contributed by atoms with van der Waals surface area (Å²) in [5.41, 5.74) is -2.72. The Morgan fingerprint density at radius 2 is 1.41 bits per heavy atom. The molecule has 2 saturated carbocycles. The molecule has 5 rings (SSSR count). The lowest BCUT2D eigenvalue weighted by molar-refractivity contribution is -0.384. The number of hydrogen-bond acceptors (Lipinski definition) is 15. The first-order valence-electron chi connectivity index (χ1n) is 15.4. The summed E-state index contributed by atoms with van der Waals surface area (Å²) in [6.45, 7) is 11.4. The second-order valence-corrected chi connectivity index (χ2v) is 13.4. The van der Waals surface area contributed by atoms with Gasteiger partial charge in [0, 0.05) is 70.1 Å². The summed E-state index contributed by atoms with van der Waals surface area (Å²) in [4.78, 5) is 73.8. The molecule has 46 heavy (non-hydrogen) atoms. The third-order valence-corrected chi connectivity index (χ3v) is 10.8. The van der Waals surface area contributed by atoms with Crippen molar-refractivity contribution in [3.05, 3.63) is 0 Å². The third-order valence-electron chi connectivity index (χ3n) is 10.8. The van der Waals surface area contributed by atoms with E-state index in [-0.39, 0.29) is 31.3 Å². The first-order chi connectivity index (χ1) is 21.4. The standard InChI is InChI=1S/C31H42O15/c1-14-21(40-17(4)33)9-31-28(8)13-39-30(15(28)2,12-29(14,31)10-23(37)45-31)46-27-26(43-20(7)36)25(42-19(6)35)24(41-18(5)34)22(44-27)11-38-16(3)32/h14-15,21-22,24-27H,9-13H2,1-8H3/t14-,15?,21-,22-,24-,25+,26-,27+,28-,29+,30+,31-/m1/s1. The van der Waals surface area contributed by atoms with Gasteiger partial charge < -0.3 is 42.6 Å². The molecule has 0 radical (unpaired) electrons. The van der Waals surface area contributed by atoms with E-state index in [1.54, 1.807) is 0 Å². The summed E-state index contributed by atoms with van der Waals surface area (Å²) < 4.78 is 53.3. The highest BCUT2D eigenvalue weighted by Gasteiger charge is 2.85. The van der Waals surface area contributed by atoms with Gasteiger partial charge in [-0.3, -0.25) is 28.8 Å². The van der Waals surface area contributed by atoms with Gasteiger partial charge in [0.25, 0.3) is 0 Å². The van der Waals surface area contributed by atoms with Gasteiger partial charge in [-0.25, -0.2) is 0 Å². The molecule has 1 unspecified atom stereocenters. The van der Waals surface area contributed by atoms with E-state index < -0.39 is 101 Å². The maximum Gasteiger partial charge on any atom is 0.307 e. The van der Waals surface area contributed by atoms with Crippen molar-refractivity contribution in [3.8, 4) is 0 Å². The van der Waals surface area contributed by atoms with Crippen LogP contribution in [0.5, 0.6) is 0 Å². The van der Waals surface area contributed by atoms with Crippen molar-refractivity contribution >= 4 is 35.8 Å². The molecule has 15 heteroatoms. The summed E-state index contributed by atoms with van der Waals surface area (Å²) in [7, 11) is 0. The highest BCUT2D eigenvalue weighted by Crippen LogP contribution is 2.76. The van der Waals surface area contributed by atoms with Crippen LogP contribution in [0.15, 0.2) is 0 Å². The zero-order valence-electron chi connectivity index (χ0n) is 27.3. The van der Waals surface area contributed by atoms with Crippen molar-refractivity contribution in [1.82, 2.24) is 0 Å². The Morgan fingerprint density at radius 3 is 2.00 bits per heavy atom. The van der Waals surface area contributed by atoms with Gasteiger partial charge >= 0.3 is 35.8 Å². The number of rotatable bonds is 8. The van der Waals surface area contributed by atoms with Crippen LogP contribution in [0.4, 0.5) is 0 Å². The summed E-state index contributed by atoms with van der Waals surface area (Å²) in [5, 5.41) is 0. The minimum absolute atomic E-state index is 0.0291. The Bertz CT molecular complexity index is 1310. The van der Waals surface area contributed by atoms with Crippen LogP contribution in [-0.4, -0.2) is 97.2 Å². The summed E-state index contributed by atoms with van der Waals surface area (Å²) >= 11 is 0. The number of hydrogen-bond donors (Lipinski definition) is 0. The number of ether oxygens (including phenoxy) is 9. The van der Waals surface area contributed by atoms with E-state index >= 15 is 0 Å². The van der Waals surface area contributed by atoms with Crippen LogP contribution in [0.1, 0.15) is 74.7 Å². The molecule has 5 aliphatic rings. The Kier molecular flexibility index (Phi) is 8.69. The topological polar surface area (TPSA) is 185 Å². The average molecular weight is 655 g/mol. The molecule has 256 valence electrons. The number of carbonyl (C=O) groups is 6. The van der Waals surface area contributed by atoms with E-state index in [1.165, 1.54) is 13.8 Å². The second-order valence-electron chi connectivity index (χ2n) is 13.4. The molecule has 0 aromatic heterocycles. The van der Waals surface area contributed by atoms with Crippen molar-refractivity contribution in [2.45, 2.75) is 123 Å². The normalized spacial score (nSPS) is 43.9. The van der Waals surface area contributed by atoms with E-state index in [0.29, 0.717) is 6.42 Å². The number of esters is 6. The molecule has 3 saturated heterocycles. The van der Waals surface area contributed by atoms with Gasteiger partial charge in [0.15, 0.2) is 24.1 Å². The Labute approximate surface area is 266 Å². The molecule has 0 amide bonds. The quantitative estimate of drug-likeness (QED) is 0.271. The molecule has 0 spiro atoms. The zero-order chi connectivity index (χ0) is 34.0. The maximum atomic E-state index is 13.1. The van der Waals surface area contributed by atoms with Crippen LogP contribution < -0.4 is 0 Å². The fourth-order valence-electron chi connectivity index (χ4n) is 8.74. The van der Waals surface area contributed by atoms with Crippen molar-refractivity contribution in [3.63, 3.8) is 0 Å². The van der Waals surface area contributed by atoms with E-state index in [9.17, 15) is 28.8 Å². The minimum Gasteiger partial charge on any atom is -0.463 e. The van der Waals surface area contributed by atoms with Crippen molar-refractivity contribution in [2.24, 2.45) is 22.7 Å². The lowest BCUT2D eigenvalue weighted by Gasteiger charge is -2.58. The highest BCUT2D eigenvalue weighted by atomic mass is 16.8. The highest BCUT2D eigenvalue weighted by molar-refractivity contribution is 5.76. The van der Waals surface area contributed by atoms with Crippen LogP contribution in [0, 0.1) is 22.7 Å². The molecule has 0 N–H and O–H groups in total. The molecule has 2 bridgehead atoms. The van der Waals surface area contributed by atoms with Gasteiger partial charge in [0.05, 0.1) is 13.0 Å². The molecule has 12 atom stereocenters. The van der Waals surface area contributed by atoms with E-state index in [4.69, 9.17) is 42.6 Å². The maximum absolute atomic E-state index is 13.1. The molecule has 5 fully saturated rings. The van der Waals surface area contributed by atoms with Gasteiger partial charge in [-0.15, -0.1) is 0 Å². The number of fused-ring (bicyclic) bond motifs is 2. The first-order valence-corrected chi connectivity index (χ1v) is 15.4. The van der Waals surface area contributed by atoms with Crippen molar-refractivity contribution in [1.29, 1.82) is 0 Å². The molecule has 15 nitrogen and oxygen atoms in total. The fourth-order valence-corrected chi connectivity index (χ4v) is 8.74. The second kappa shape index (κ2) is 11.7. The summed E-state index contributed by atoms with van der Waals surface area (Å²) in [5.74, 6) is -6.05. The molecule has 0 aromatic carbocycles. The van der Waals surface area contributed by atoms with Crippen LogP contribution in [0.2, 0.25) is 0 Å². The lowest BCUT2D eigenvalue weighted by Crippen LogP contribution is -2.68. The third kappa shape index (κ3) is 5.23. The minimum atomic E-state index is -1.49. The average Bonchev–Trinajstić information content (AvgIpc) is 3.42. The van der Waals surface area contributed by atoms with Gasteiger partial charge in [-0.2, -0.15) is 0 Å². The fraction of sp³-hybridized carbons (Fsp3) is 0.806. The molecule has 3 aliphatic heterocycles. The predicted octanol–water partition coefficient (Wildman–Crippen LogP) is 1.50. The smallest absolute Gasteiger partial charge is 0.307 e. The van der Waals surface area contributed by atoms with E-state index in [2.05, 4.69) is 0 Å². The Hall–Kier alpha value is -3.30. The molecule has 2 aliphatic carbocycles.